The second-order valence-corrected chi connectivity index (χ2v) is 7.35. The average Bonchev–Trinajstić information content (AvgIpc) is 2.79. The predicted molar refractivity (Wildman–Crippen MR) is 118 cm³/mol. The average molecular weight is 471 g/mol. The number of hydrogen-bond donors (Lipinski definition) is 1. The van der Waals surface area contributed by atoms with E-state index in [9.17, 15) is 23.9 Å². The lowest BCUT2D eigenvalue weighted by molar-refractivity contribution is -0.208. The molecular formula is C24H35FO8. The van der Waals surface area contributed by atoms with Crippen LogP contribution in [0.1, 0.15) is 58.4 Å². The van der Waals surface area contributed by atoms with Crippen LogP contribution >= 0.6 is 0 Å². The molecule has 186 valence electrons. The van der Waals surface area contributed by atoms with E-state index in [1.54, 1.807) is 19.1 Å². The fourth-order valence-electron chi connectivity index (χ4n) is 3.17. The van der Waals surface area contributed by atoms with Gasteiger partial charge in [-0.2, -0.15) is 0 Å². The number of halogens is 1. The Hall–Kier alpha value is -2.52. The van der Waals surface area contributed by atoms with Gasteiger partial charge < -0.3 is 24.1 Å². The molecule has 1 N–H and O–H groups in total. The van der Waals surface area contributed by atoms with E-state index >= 15 is 0 Å². The molecule has 0 saturated heterocycles. The molecule has 1 rings (SSSR count). The topological polar surface area (TPSA) is 108 Å². The van der Waals surface area contributed by atoms with Crippen LogP contribution in [0.4, 0.5) is 4.39 Å². The Morgan fingerprint density at radius 1 is 0.848 bits per heavy atom. The van der Waals surface area contributed by atoms with Crippen molar-refractivity contribution in [2.45, 2.75) is 71.0 Å². The highest BCUT2D eigenvalue weighted by molar-refractivity contribution is 6.08. The highest BCUT2D eigenvalue weighted by Gasteiger charge is 2.58. The van der Waals surface area contributed by atoms with E-state index in [1.807, 2.05) is 0 Å². The molecule has 0 aliphatic carbocycles. The summed E-state index contributed by atoms with van der Waals surface area (Å²) in [5.41, 5.74) is -1.89. The molecule has 0 radical (unpaired) electrons. The lowest BCUT2D eigenvalue weighted by Crippen LogP contribution is -2.61. The van der Waals surface area contributed by atoms with Gasteiger partial charge >= 0.3 is 17.9 Å². The lowest BCUT2D eigenvalue weighted by atomic mass is 9.96. The van der Waals surface area contributed by atoms with E-state index in [0.29, 0.717) is 6.42 Å². The number of rotatable bonds is 16. The molecule has 0 bridgehead atoms. The monoisotopic (exact) mass is 470 g/mol. The number of esters is 3. The predicted octanol–water partition coefficient (Wildman–Crippen LogP) is 3.12. The van der Waals surface area contributed by atoms with Crippen LogP contribution in [0.5, 0.6) is 0 Å². The van der Waals surface area contributed by atoms with Crippen LogP contribution in [-0.2, 0) is 39.8 Å². The zero-order valence-corrected chi connectivity index (χ0v) is 19.6. The Morgan fingerprint density at radius 2 is 1.36 bits per heavy atom. The van der Waals surface area contributed by atoms with Crippen molar-refractivity contribution >= 4 is 17.9 Å². The molecule has 0 heterocycles. The van der Waals surface area contributed by atoms with Gasteiger partial charge in [-0.1, -0.05) is 31.4 Å². The summed E-state index contributed by atoms with van der Waals surface area (Å²) < 4.78 is 32.9. The minimum atomic E-state index is -2.96. The first-order valence-corrected chi connectivity index (χ1v) is 11.4. The van der Waals surface area contributed by atoms with Crippen LogP contribution in [0.3, 0.4) is 0 Å². The smallest absolute Gasteiger partial charge is 0.353 e. The molecule has 0 saturated carbocycles. The maximum Gasteiger partial charge on any atom is 0.353 e. The molecule has 0 aliphatic rings. The third kappa shape index (κ3) is 9.09. The SMILES string of the molecule is CCOC(=O)C(OCCCCCCCc1ccc(F)cc1)C(O)(C(=O)OCC)C(=O)OCC. The second-order valence-electron chi connectivity index (χ2n) is 7.35. The summed E-state index contributed by atoms with van der Waals surface area (Å²) in [6, 6.07) is 6.43. The van der Waals surface area contributed by atoms with Crippen molar-refractivity contribution in [3.63, 3.8) is 0 Å². The van der Waals surface area contributed by atoms with E-state index in [4.69, 9.17) is 18.9 Å². The Bertz CT molecular complexity index is 716. The normalized spacial score (nSPS) is 12.2. The van der Waals surface area contributed by atoms with Crippen LogP contribution in [0, 0.1) is 5.82 Å². The van der Waals surface area contributed by atoms with E-state index in [-0.39, 0.29) is 32.2 Å². The zero-order valence-electron chi connectivity index (χ0n) is 19.6. The Kier molecular flexibility index (Phi) is 13.3. The number of aryl methyl sites for hydroxylation is 1. The first kappa shape index (κ1) is 28.5. The van der Waals surface area contributed by atoms with Crippen molar-refractivity contribution < 1.29 is 42.8 Å². The van der Waals surface area contributed by atoms with Gasteiger partial charge in [0.2, 0.25) is 6.10 Å². The summed E-state index contributed by atoms with van der Waals surface area (Å²) in [5.74, 6) is -3.97. The summed E-state index contributed by atoms with van der Waals surface area (Å²) in [6.45, 7) is 4.30. The van der Waals surface area contributed by atoms with Crippen LogP contribution in [0.15, 0.2) is 24.3 Å². The van der Waals surface area contributed by atoms with Gasteiger partial charge in [0, 0.05) is 6.61 Å². The zero-order chi connectivity index (χ0) is 24.7. The Labute approximate surface area is 194 Å². The molecule has 1 unspecified atom stereocenters. The van der Waals surface area contributed by atoms with E-state index < -0.39 is 29.6 Å². The van der Waals surface area contributed by atoms with E-state index in [2.05, 4.69) is 0 Å². The van der Waals surface area contributed by atoms with Crippen molar-refractivity contribution in [1.82, 2.24) is 0 Å². The number of carbonyl (C=O) groups excluding carboxylic acids is 3. The summed E-state index contributed by atoms with van der Waals surface area (Å²) >= 11 is 0. The second kappa shape index (κ2) is 15.3. The largest absolute Gasteiger partial charge is 0.464 e. The molecular weight excluding hydrogens is 435 g/mol. The van der Waals surface area contributed by atoms with Gasteiger partial charge in [-0.15, -0.1) is 0 Å². The molecule has 0 spiro atoms. The van der Waals surface area contributed by atoms with Gasteiger partial charge in [-0.3, -0.25) is 0 Å². The van der Waals surface area contributed by atoms with Gasteiger partial charge in [0.1, 0.15) is 5.82 Å². The van der Waals surface area contributed by atoms with Crippen molar-refractivity contribution in [3.8, 4) is 0 Å². The van der Waals surface area contributed by atoms with E-state index in [1.165, 1.54) is 26.0 Å². The van der Waals surface area contributed by atoms with Gasteiger partial charge in [-0.25, -0.2) is 18.8 Å². The fraction of sp³-hybridized carbons (Fsp3) is 0.625. The molecule has 0 fully saturated rings. The van der Waals surface area contributed by atoms with Crippen molar-refractivity contribution in [1.29, 1.82) is 0 Å². The van der Waals surface area contributed by atoms with Crippen LogP contribution < -0.4 is 0 Å². The number of aliphatic hydroxyl groups is 1. The van der Waals surface area contributed by atoms with Crippen LogP contribution in [0.2, 0.25) is 0 Å². The summed E-state index contributed by atoms with van der Waals surface area (Å²) in [5, 5.41) is 10.9. The number of unbranched alkanes of at least 4 members (excludes halogenated alkanes) is 4. The molecule has 0 aromatic heterocycles. The summed E-state index contributed by atoms with van der Waals surface area (Å²) in [4.78, 5) is 37.2. The molecule has 1 atom stereocenters. The summed E-state index contributed by atoms with van der Waals surface area (Å²) in [7, 11) is 0. The first-order chi connectivity index (χ1) is 15.8. The molecule has 1 aromatic rings. The molecule has 8 nitrogen and oxygen atoms in total. The third-order valence-corrected chi connectivity index (χ3v) is 4.86. The highest BCUT2D eigenvalue weighted by Crippen LogP contribution is 2.22. The summed E-state index contributed by atoms with van der Waals surface area (Å²) in [6.07, 6.45) is 3.05. The Balaban J connectivity index is 2.60. The molecule has 33 heavy (non-hydrogen) atoms. The lowest BCUT2D eigenvalue weighted by Gasteiger charge is -2.30. The standard InChI is InChI=1S/C24H35FO8/c1-4-30-21(26)20(24(29,22(27)31-5-2)23(28)32-6-3)33-17-11-9-7-8-10-12-18-13-15-19(25)16-14-18/h13-16,20,29H,4-12,17H2,1-3H3. The maximum atomic E-state index is 12.9. The van der Waals surface area contributed by atoms with Crippen molar-refractivity contribution in [2.24, 2.45) is 0 Å². The molecule has 0 aliphatic heterocycles. The minimum absolute atomic E-state index is 0.0164. The maximum absolute atomic E-state index is 12.9. The highest BCUT2D eigenvalue weighted by atomic mass is 19.1. The van der Waals surface area contributed by atoms with Gasteiger partial charge in [0.05, 0.1) is 19.8 Å². The number of ether oxygens (including phenoxy) is 4. The van der Waals surface area contributed by atoms with Gasteiger partial charge in [0.25, 0.3) is 5.60 Å². The Morgan fingerprint density at radius 3 is 1.91 bits per heavy atom. The number of hydrogen-bond acceptors (Lipinski definition) is 8. The quantitative estimate of drug-likeness (QED) is 0.170. The molecule has 1 aromatic carbocycles. The number of benzene rings is 1. The fourth-order valence-corrected chi connectivity index (χ4v) is 3.17. The van der Waals surface area contributed by atoms with Crippen molar-refractivity contribution in [2.75, 3.05) is 26.4 Å². The molecule has 9 heteroatoms. The van der Waals surface area contributed by atoms with Crippen LogP contribution in [-0.4, -0.2) is 61.1 Å². The number of carbonyl (C=O) groups is 3. The third-order valence-electron chi connectivity index (χ3n) is 4.86. The van der Waals surface area contributed by atoms with Crippen molar-refractivity contribution in [3.05, 3.63) is 35.6 Å². The van der Waals surface area contributed by atoms with E-state index in [0.717, 1.165) is 37.7 Å². The molecule has 0 amide bonds. The minimum Gasteiger partial charge on any atom is -0.464 e. The van der Waals surface area contributed by atoms with Crippen LogP contribution in [0.25, 0.3) is 0 Å². The van der Waals surface area contributed by atoms with Gasteiger partial charge in [-0.05, 0) is 57.7 Å². The first-order valence-electron chi connectivity index (χ1n) is 11.4. The van der Waals surface area contributed by atoms with Gasteiger partial charge in [0.15, 0.2) is 0 Å².